The van der Waals surface area contributed by atoms with Crippen molar-refractivity contribution in [2.75, 3.05) is 26.7 Å². The highest BCUT2D eigenvalue weighted by Gasteiger charge is 2.33. The van der Waals surface area contributed by atoms with Crippen molar-refractivity contribution in [1.82, 2.24) is 29.7 Å². The second-order valence-electron chi connectivity index (χ2n) is 7.08. The van der Waals surface area contributed by atoms with Crippen LogP contribution in [0.5, 0.6) is 0 Å². The average molecular weight is 346 g/mol. The Kier molecular flexibility index (Phi) is 5.86. The van der Waals surface area contributed by atoms with Crippen molar-refractivity contribution in [3.8, 4) is 0 Å². The van der Waals surface area contributed by atoms with Gasteiger partial charge in [-0.3, -0.25) is 14.5 Å². The summed E-state index contributed by atoms with van der Waals surface area (Å²) in [5, 5.41) is 8.48. The first-order chi connectivity index (χ1) is 12.1. The molecule has 3 heterocycles. The number of hydrogen-bond donors (Lipinski definition) is 0. The number of likely N-dealkylation sites (tertiary alicyclic amines) is 1. The molecule has 0 spiro atoms. The van der Waals surface area contributed by atoms with Crippen LogP contribution in [0.25, 0.3) is 0 Å². The van der Waals surface area contributed by atoms with E-state index in [9.17, 15) is 0 Å². The lowest BCUT2D eigenvalue weighted by Gasteiger charge is -2.42. The maximum atomic E-state index is 5.23. The molecule has 1 aliphatic rings. The van der Waals surface area contributed by atoms with E-state index in [0.717, 1.165) is 31.9 Å². The van der Waals surface area contributed by atoms with E-state index in [0.29, 0.717) is 17.9 Å². The molecule has 0 radical (unpaired) electrons. The van der Waals surface area contributed by atoms with Crippen molar-refractivity contribution in [1.29, 1.82) is 0 Å². The molecule has 0 amide bonds. The number of aromatic nitrogens is 4. The van der Waals surface area contributed by atoms with Crippen LogP contribution in [0, 0.1) is 5.92 Å². The number of aryl methyl sites for hydroxylation is 2. The molecule has 0 aromatic carbocycles. The van der Waals surface area contributed by atoms with Crippen molar-refractivity contribution in [3.05, 3.63) is 29.7 Å². The van der Waals surface area contributed by atoms with Crippen molar-refractivity contribution < 1.29 is 4.52 Å². The molecule has 2 atom stereocenters. The number of piperidine rings is 1. The van der Waals surface area contributed by atoms with E-state index in [2.05, 4.69) is 45.2 Å². The Morgan fingerprint density at radius 1 is 1.36 bits per heavy atom. The van der Waals surface area contributed by atoms with Crippen LogP contribution in [0.4, 0.5) is 0 Å². The van der Waals surface area contributed by atoms with Gasteiger partial charge < -0.3 is 4.52 Å². The normalized spacial score (nSPS) is 22.0. The minimum atomic E-state index is 0.436. The third-order valence-electron chi connectivity index (χ3n) is 5.10. The average Bonchev–Trinajstić information content (AvgIpc) is 3.23. The SMILES string of the molecule is CCc1nc(CN(C)C[C@@H]2CCCN(CC)[C@H]2c2cnn(C)c2)no1. The number of nitrogens with zero attached hydrogens (tertiary/aromatic N) is 6. The monoisotopic (exact) mass is 346 g/mol. The zero-order valence-electron chi connectivity index (χ0n) is 15.9. The molecule has 0 saturated carbocycles. The van der Waals surface area contributed by atoms with Crippen LogP contribution >= 0.6 is 0 Å². The van der Waals surface area contributed by atoms with Crippen LogP contribution in [0.2, 0.25) is 0 Å². The molecule has 7 nitrogen and oxygen atoms in total. The zero-order valence-corrected chi connectivity index (χ0v) is 15.9. The van der Waals surface area contributed by atoms with Gasteiger partial charge in [-0.1, -0.05) is 19.0 Å². The Bertz CT molecular complexity index is 666. The Balaban J connectivity index is 1.69. The summed E-state index contributed by atoms with van der Waals surface area (Å²) < 4.78 is 7.13. The molecule has 7 heteroatoms. The Hall–Kier alpha value is -1.73. The summed E-state index contributed by atoms with van der Waals surface area (Å²) in [5.74, 6) is 2.08. The topological polar surface area (TPSA) is 63.2 Å². The molecule has 0 N–H and O–H groups in total. The first kappa shape index (κ1) is 18.1. The number of rotatable bonds is 7. The molecule has 0 aliphatic carbocycles. The fourth-order valence-electron chi connectivity index (χ4n) is 3.98. The zero-order chi connectivity index (χ0) is 17.8. The molecule has 0 unspecified atom stereocenters. The molecule has 1 fully saturated rings. The van der Waals surface area contributed by atoms with Crippen molar-refractivity contribution in [2.45, 2.75) is 45.7 Å². The van der Waals surface area contributed by atoms with Gasteiger partial charge in [0.2, 0.25) is 5.89 Å². The van der Waals surface area contributed by atoms with E-state index in [1.54, 1.807) is 0 Å². The summed E-state index contributed by atoms with van der Waals surface area (Å²) >= 11 is 0. The lowest BCUT2D eigenvalue weighted by atomic mass is 9.85. The van der Waals surface area contributed by atoms with Crippen LogP contribution in [0.1, 0.15) is 50.0 Å². The fourth-order valence-corrected chi connectivity index (χ4v) is 3.98. The second kappa shape index (κ2) is 8.10. The van der Waals surface area contributed by atoms with Crippen LogP contribution in [0.15, 0.2) is 16.9 Å². The van der Waals surface area contributed by atoms with E-state index in [4.69, 9.17) is 4.52 Å². The van der Waals surface area contributed by atoms with Crippen LogP contribution in [-0.2, 0) is 20.0 Å². The Morgan fingerprint density at radius 3 is 2.84 bits per heavy atom. The van der Waals surface area contributed by atoms with Crippen molar-refractivity contribution in [3.63, 3.8) is 0 Å². The van der Waals surface area contributed by atoms with Gasteiger partial charge >= 0.3 is 0 Å². The van der Waals surface area contributed by atoms with Gasteiger partial charge in [0, 0.05) is 37.8 Å². The van der Waals surface area contributed by atoms with E-state index in [-0.39, 0.29) is 0 Å². The van der Waals surface area contributed by atoms with Crippen molar-refractivity contribution in [2.24, 2.45) is 13.0 Å². The molecule has 138 valence electrons. The van der Waals surface area contributed by atoms with E-state index < -0.39 is 0 Å². The fraction of sp³-hybridized carbons (Fsp3) is 0.722. The largest absolute Gasteiger partial charge is 0.339 e. The van der Waals surface area contributed by atoms with Gasteiger partial charge in [-0.15, -0.1) is 0 Å². The summed E-state index contributed by atoms with van der Waals surface area (Å²) in [7, 11) is 4.14. The van der Waals surface area contributed by atoms with Gasteiger partial charge in [0.15, 0.2) is 5.82 Å². The Morgan fingerprint density at radius 2 is 2.20 bits per heavy atom. The molecule has 0 bridgehead atoms. The molecular formula is C18H30N6O. The van der Waals surface area contributed by atoms with Gasteiger partial charge in [0.1, 0.15) is 0 Å². The third kappa shape index (κ3) is 4.27. The molecule has 25 heavy (non-hydrogen) atoms. The summed E-state index contributed by atoms with van der Waals surface area (Å²) in [6.45, 7) is 8.27. The van der Waals surface area contributed by atoms with Crippen LogP contribution in [-0.4, -0.2) is 56.4 Å². The molecule has 1 aliphatic heterocycles. The maximum Gasteiger partial charge on any atom is 0.226 e. The first-order valence-corrected chi connectivity index (χ1v) is 9.33. The highest BCUT2D eigenvalue weighted by atomic mass is 16.5. The smallest absolute Gasteiger partial charge is 0.226 e. The van der Waals surface area contributed by atoms with Gasteiger partial charge in [-0.2, -0.15) is 10.1 Å². The molecule has 3 rings (SSSR count). The molecule has 2 aromatic rings. The van der Waals surface area contributed by atoms with Gasteiger partial charge in [0.05, 0.1) is 12.7 Å². The van der Waals surface area contributed by atoms with Gasteiger partial charge in [0.25, 0.3) is 0 Å². The number of hydrogen-bond acceptors (Lipinski definition) is 6. The van der Waals surface area contributed by atoms with Crippen molar-refractivity contribution >= 4 is 0 Å². The Labute approximate surface area is 150 Å². The summed E-state index contributed by atoms with van der Waals surface area (Å²) in [6, 6.07) is 0.436. The lowest BCUT2D eigenvalue weighted by Crippen LogP contribution is -2.42. The van der Waals surface area contributed by atoms with Crippen LogP contribution < -0.4 is 0 Å². The minimum absolute atomic E-state index is 0.436. The second-order valence-corrected chi connectivity index (χ2v) is 7.08. The molecular weight excluding hydrogens is 316 g/mol. The molecule has 1 saturated heterocycles. The third-order valence-corrected chi connectivity index (χ3v) is 5.10. The van der Waals surface area contributed by atoms with Gasteiger partial charge in [-0.25, -0.2) is 0 Å². The quantitative estimate of drug-likeness (QED) is 0.766. The summed E-state index contributed by atoms with van der Waals surface area (Å²) in [6.07, 6.45) is 7.47. The van der Waals surface area contributed by atoms with E-state index >= 15 is 0 Å². The highest BCUT2D eigenvalue weighted by molar-refractivity contribution is 5.13. The predicted molar refractivity (Wildman–Crippen MR) is 95.9 cm³/mol. The van der Waals surface area contributed by atoms with E-state index in [1.807, 2.05) is 24.9 Å². The van der Waals surface area contributed by atoms with Gasteiger partial charge in [-0.05, 0) is 38.9 Å². The minimum Gasteiger partial charge on any atom is -0.339 e. The summed E-state index contributed by atoms with van der Waals surface area (Å²) in [4.78, 5) is 9.33. The molecule has 2 aromatic heterocycles. The van der Waals surface area contributed by atoms with Crippen LogP contribution in [0.3, 0.4) is 0 Å². The maximum absolute atomic E-state index is 5.23. The first-order valence-electron chi connectivity index (χ1n) is 9.33. The predicted octanol–water partition coefficient (Wildman–Crippen LogP) is 2.27. The highest BCUT2D eigenvalue weighted by Crippen LogP contribution is 2.36. The summed E-state index contributed by atoms with van der Waals surface area (Å²) in [5.41, 5.74) is 1.33. The lowest BCUT2D eigenvalue weighted by molar-refractivity contribution is 0.0742. The van der Waals surface area contributed by atoms with E-state index in [1.165, 1.54) is 24.9 Å². The standard InChI is InChI=1S/C18H30N6O/c1-5-17-20-16(21-25-17)13-22(3)11-14-8-7-9-24(6-2)18(14)15-10-19-23(4)12-15/h10,12,14,18H,5-9,11,13H2,1-4H3/t14-,18+/m0/s1.